The van der Waals surface area contributed by atoms with Crippen LogP contribution in [0.3, 0.4) is 0 Å². The topological polar surface area (TPSA) is 96.0 Å². The lowest BCUT2D eigenvalue weighted by atomic mass is 9.80. The molecule has 0 aromatic heterocycles. The van der Waals surface area contributed by atoms with Crippen LogP contribution in [0.4, 0.5) is 5.69 Å². The Morgan fingerprint density at radius 3 is 2.60 bits per heavy atom. The molecule has 1 heterocycles. The molecule has 6 nitrogen and oxygen atoms in total. The lowest BCUT2D eigenvalue weighted by molar-refractivity contribution is -0.384. The van der Waals surface area contributed by atoms with Gasteiger partial charge in [-0.2, -0.15) is 5.26 Å². The zero-order chi connectivity index (χ0) is 21.8. The number of nitro groups is 1. The van der Waals surface area contributed by atoms with Crippen LogP contribution in [0.1, 0.15) is 36.5 Å². The minimum absolute atomic E-state index is 0.0340. The predicted octanol–water partition coefficient (Wildman–Crippen LogP) is 5.12. The molecule has 0 aliphatic carbocycles. The number of nitriles is 1. The lowest BCUT2D eigenvalue weighted by Crippen LogP contribution is -2.27. The monoisotopic (exact) mass is 419 g/mol. The third-order valence-corrected chi connectivity index (χ3v) is 6.00. The van der Waals surface area contributed by atoms with Crippen molar-refractivity contribution in [1.29, 1.82) is 5.26 Å². The van der Waals surface area contributed by atoms with Crippen molar-refractivity contribution in [2.24, 2.45) is 0 Å². The SMILES string of the molecule is CC(=O)C1=C(C)NC(SCc2cccc([N+](=O)[O-])c2)=C(C#N)[C@H]1c1cccc(C)c1. The van der Waals surface area contributed by atoms with E-state index in [2.05, 4.69) is 11.4 Å². The molecule has 1 atom stereocenters. The first-order chi connectivity index (χ1) is 14.3. The van der Waals surface area contributed by atoms with Crippen LogP contribution in [0.25, 0.3) is 0 Å². The van der Waals surface area contributed by atoms with Gasteiger partial charge in [0.05, 0.1) is 27.5 Å². The summed E-state index contributed by atoms with van der Waals surface area (Å²) in [6, 6.07) is 16.6. The summed E-state index contributed by atoms with van der Waals surface area (Å²) in [7, 11) is 0. The molecule has 0 fully saturated rings. The molecule has 2 aromatic rings. The summed E-state index contributed by atoms with van der Waals surface area (Å²) < 4.78 is 0. The number of rotatable bonds is 6. The predicted molar refractivity (Wildman–Crippen MR) is 117 cm³/mol. The third-order valence-electron chi connectivity index (χ3n) is 4.91. The van der Waals surface area contributed by atoms with Gasteiger partial charge in [-0.05, 0) is 31.9 Å². The van der Waals surface area contributed by atoms with E-state index < -0.39 is 10.8 Å². The maximum Gasteiger partial charge on any atom is 0.269 e. The van der Waals surface area contributed by atoms with Gasteiger partial charge in [0.1, 0.15) is 0 Å². The Labute approximate surface area is 179 Å². The Balaban J connectivity index is 2.00. The first-order valence-corrected chi connectivity index (χ1v) is 10.4. The number of carbonyl (C=O) groups excluding carboxylic acids is 1. The van der Waals surface area contributed by atoms with E-state index in [-0.39, 0.29) is 11.5 Å². The standard InChI is InChI=1S/C23H21N3O3S/c1-14-6-4-8-18(10-14)22-20(12-24)23(25-15(2)21(22)16(3)27)30-13-17-7-5-9-19(11-17)26(28)29/h4-11,22,25H,13H2,1-3H3/t22-/m1/s1. The summed E-state index contributed by atoms with van der Waals surface area (Å²) in [6.45, 7) is 5.32. The number of nitrogens with one attached hydrogen (secondary N) is 1. The van der Waals surface area contributed by atoms with Crippen LogP contribution in [-0.2, 0) is 10.5 Å². The maximum absolute atomic E-state index is 12.4. The lowest BCUT2D eigenvalue weighted by Gasteiger charge is -2.29. The van der Waals surface area contributed by atoms with Crippen molar-refractivity contribution in [2.75, 3.05) is 0 Å². The number of hydrogen-bond donors (Lipinski definition) is 1. The molecule has 0 spiro atoms. The summed E-state index contributed by atoms with van der Waals surface area (Å²) in [5, 5.41) is 24.9. The zero-order valence-electron chi connectivity index (χ0n) is 16.9. The van der Waals surface area contributed by atoms with Gasteiger partial charge >= 0.3 is 0 Å². The number of nitrogens with zero attached hydrogens (tertiary/aromatic N) is 2. The van der Waals surface area contributed by atoms with Crippen LogP contribution in [0.15, 0.2) is 70.4 Å². The number of thioether (sulfide) groups is 1. The average molecular weight is 420 g/mol. The van der Waals surface area contributed by atoms with Crippen LogP contribution in [0.2, 0.25) is 0 Å². The fourth-order valence-corrected chi connectivity index (χ4v) is 4.63. The van der Waals surface area contributed by atoms with Crippen molar-refractivity contribution in [3.63, 3.8) is 0 Å². The highest BCUT2D eigenvalue weighted by atomic mass is 32.2. The molecule has 0 saturated heterocycles. The molecule has 0 amide bonds. The second kappa shape index (κ2) is 8.97. The van der Waals surface area contributed by atoms with Gasteiger partial charge in [-0.15, -0.1) is 11.8 Å². The normalized spacial score (nSPS) is 16.1. The number of allylic oxidation sites excluding steroid dienone is 3. The molecular formula is C23H21N3O3S. The van der Waals surface area contributed by atoms with Crippen molar-refractivity contribution < 1.29 is 9.72 Å². The fourth-order valence-electron chi connectivity index (χ4n) is 3.59. The van der Waals surface area contributed by atoms with Gasteiger partial charge in [0.25, 0.3) is 5.69 Å². The number of nitro benzene ring substituents is 1. The van der Waals surface area contributed by atoms with E-state index in [0.29, 0.717) is 21.9 Å². The van der Waals surface area contributed by atoms with Crippen LogP contribution in [0.5, 0.6) is 0 Å². The van der Waals surface area contributed by atoms with Gasteiger partial charge in [0, 0.05) is 29.2 Å². The summed E-state index contributed by atoms with van der Waals surface area (Å²) in [5.41, 5.74) is 4.54. The first-order valence-electron chi connectivity index (χ1n) is 9.37. The van der Waals surface area contributed by atoms with Gasteiger partial charge < -0.3 is 5.32 Å². The molecule has 1 aliphatic rings. The van der Waals surface area contributed by atoms with Crippen molar-refractivity contribution in [1.82, 2.24) is 5.32 Å². The minimum atomic E-state index is -0.443. The fraction of sp³-hybridized carbons (Fsp3) is 0.217. The van der Waals surface area contributed by atoms with Gasteiger partial charge in [0.2, 0.25) is 0 Å². The van der Waals surface area contributed by atoms with Gasteiger partial charge in [-0.3, -0.25) is 14.9 Å². The third kappa shape index (κ3) is 4.44. The van der Waals surface area contributed by atoms with Crippen molar-refractivity contribution >= 4 is 23.2 Å². The van der Waals surface area contributed by atoms with Crippen LogP contribution in [-0.4, -0.2) is 10.7 Å². The minimum Gasteiger partial charge on any atom is -0.353 e. The Hall–Kier alpha value is -3.37. The summed E-state index contributed by atoms with van der Waals surface area (Å²) in [4.78, 5) is 23.0. The first kappa shape index (κ1) is 21.3. The molecule has 3 rings (SSSR count). The largest absolute Gasteiger partial charge is 0.353 e. The number of non-ortho nitro benzene ring substituents is 1. The number of dihydropyridines is 1. The van der Waals surface area contributed by atoms with Crippen molar-refractivity contribution in [3.8, 4) is 6.07 Å². The van der Waals surface area contributed by atoms with E-state index in [1.807, 2.05) is 44.2 Å². The number of carbonyl (C=O) groups is 1. The Kier molecular flexibility index (Phi) is 6.38. The van der Waals surface area contributed by atoms with Crippen molar-refractivity contribution in [2.45, 2.75) is 32.4 Å². The van der Waals surface area contributed by atoms with Crippen LogP contribution >= 0.6 is 11.8 Å². The number of ketones is 1. The van der Waals surface area contributed by atoms with Crippen molar-refractivity contribution in [3.05, 3.63) is 97.2 Å². The summed E-state index contributed by atoms with van der Waals surface area (Å²) >= 11 is 1.40. The number of hydrogen-bond acceptors (Lipinski definition) is 6. The molecular weight excluding hydrogens is 398 g/mol. The van der Waals surface area contributed by atoms with Crippen LogP contribution < -0.4 is 5.32 Å². The smallest absolute Gasteiger partial charge is 0.269 e. The molecule has 0 radical (unpaired) electrons. The molecule has 0 bridgehead atoms. The molecule has 0 saturated carbocycles. The van der Waals surface area contributed by atoms with E-state index in [1.165, 1.54) is 30.8 Å². The van der Waals surface area contributed by atoms with Gasteiger partial charge in [0.15, 0.2) is 5.78 Å². The molecule has 7 heteroatoms. The summed E-state index contributed by atoms with van der Waals surface area (Å²) in [6.07, 6.45) is 0. The van der Waals surface area contributed by atoms with E-state index in [0.717, 1.165) is 22.4 Å². The average Bonchev–Trinajstić information content (AvgIpc) is 2.71. The molecule has 2 aromatic carbocycles. The molecule has 0 unspecified atom stereocenters. The highest BCUT2D eigenvalue weighted by Gasteiger charge is 2.33. The highest BCUT2D eigenvalue weighted by molar-refractivity contribution is 8.02. The number of Topliss-reactive ketones (excluding diaryl/α,β-unsaturated/α-hetero) is 1. The zero-order valence-corrected chi connectivity index (χ0v) is 17.7. The quantitative estimate of drug-likeness (QED) is 0.516. The van der Waals surface area contributed by atoms with Gasteiger partial charge in [-0.1, -0.05) is 42.0 Å². The number of aryl methyl sites for hydroxylation is 1. The Morgan fingerprint density at radius 2 is 1.97 bits per heavy atom. The molecule has 1 aliphatic heterocycles. The van der Waals surface area contributed by atoms with E-state index in [4.69, 9.17) is 0 Å². The Morgan fingerprint density at radius 1 is 1.23 bits per heavy atom. The van der Waals surface area contributed by atoms with E-state index in [1.54, 1.807) is 6.07 Å². The molecule has 1 N–H and O–H groups in total. The van der Waals surface area contributed by atoms with E-state index >= 15 is 0 Å². The molecule has 30 heavy (non-hydrogen) atoms. The second-order valence-electron chi connectivity index (χ2n) is 7.14. The summed E-state index contributed by atoms with van der Waals surface area (Å²) in [5.74, 6) is -0.0680. The van der Waals surface area contributed by atoms with E-state index in [9.17, 15) is 20.2 Å². The van der Waals surface area contributed by atoms with Crippen LogP contribution in [0, 0.1) is 28.4 Å². The van der Waals surface area contributed by atoms with Gasteiger partial charge in [-0.25, -0.2) is 0 Å². The molecule has 152 valence electrons. The Bertz CT molecular complexity index is 1130. The number of benzene rings is 2. The highest BCUT2D eigenvalue weighted by Crippen LogP contribution is 2.41. The maximum atomic E-state index is 12.4. The second-order valence-corrected chi connectivity index (χ2v) is 8.12.